The first-order valence-electron chi connectivity index (χ1n) is 4.72. The molecular weight excluding hydrogens is 328 g/mol. The fraction of sp³-hybridized carbons (Fsp3) is 0.667. The van der Waals surface area contributed by atoms with Crippen LogP contribution in [0, 0.1) is 0 Å². The monoisotopic (exact) mass is 340 g/mol. The molecule has 0 saturated carbocycles. The Kier molecular flexibility index (Phi) is 5.25. The summed E-state index contributed by atoms with van der Waals surface area (Å²) in [5.74, 6) is 0.748. The van der Waals surface area contributed by atoms with E-state index in [2.05, 4.69) is 36.8 Å². The van der Waals surface area contributed by atoms with Crippen molar-refractivity contribution in [3.05, 3.63) is 15.0 Å². The van der Waals surface area contributed by atoms with Gasteiger partial charge in [-0.3, -0.25) is 0 Å². The van der Waals surface area contributed by atoms with E-state index >= 15 is 0 Å². The van der Waals surface area contributed by atoms with E-state index in [0.717, 1.165) is 15.0 Å². The summed E-state index contributed by atoms with van der Waals surface area (Å²) in [7, 11) is 1.90. The van der Waals surface area contributed by atoms with Crippen LogP contribution in [0.25, 0.3) is 0 Å². The number of hydrogen-bond donors (Lipinski definition) is 0. The second kappa shape index (κ2) is 5.98. The van der Waals surface area contributed by atoms with Crippen LogP contribution in [0.1, 0.15) is 26.0 Å². The molecule has 15 heavy (non-hydrogen) atoms. The minimum absolute atomic E-state index is 0.410. The molecule has 86 valence electrons. The van der Waals surface area contributed by atoms with Gasteiger partial charge in [-0.05, 0) is 45.7 Å². The van der Waals surface area contributed by atoms with Gasteiger partial charge in [0.2, 0.25) is 6.29 Å². The molecule has 1 aromatic rings. The maximum absolute atomic E-state index is 5.47. The van der Waals surface area contributed by atoms with Crippen molar-refractivity contribution in [2.75, 3.05) is 13.2 Å². The predicted octanol–water partition coefficient (Wildman–Crippen LogP) is 3.02. The van der Waals surface area contributed by atoms with E-state index in [-0.39, 0.29) is 0 Å². The van der Waals surface area contributed by atoms with Gasteiger partial charge in [0.05, 0.1) is 0 Å². The minimum atomic E-state index is -0.410. The van der Waals surface area contributed by atoms with E-state index in [4.69, 9.17) is 9.47 Å². The summed E-state index contributed by atoms with van der Waals surface area (Å²) in [6.45, 7) is 5.04. The van der Waals surface area contributed by atoms with Crippen LogP contribution in [0.4, 0.5) is 0 Å². The molecule has 4 nitrogen and oxygen atoms in total. The van der Waals surface area contributed by atoms with Crippen molar-refractivity contribution in [2.24, 2.45) is 7.05 Å². The molecule has 0 saturated heterocycles. The van der Waals surface area contributed by atoms with E-state index in [1.807, 2.05) is 25.5 Å². The third-order valence-corrected chi connectivity index (χ3v) is 3.86. The van der Waals surface area contributed by atoms with Gasteiger partial charge in [0.15, 0.2) is 5.82 Å². The summed E-state index contributed by atoms with van der Waals surface area (Å²) >= 11 is 6.76. The smallest absolute Gasteiger partial charge is 0.217 e. The van der Waals surface area contributed by atoms with Gasteiger partial charge < -0.3 is 14.0 Å². The summed E-state index contributed by atoms with van der Waals surface area (Å²) in [6, 6.07) is 0. The van der Waals surface area contributed by atoms with Crippen LogP contribution in [0.2, 0.25) is 0 Å². The van der Waals surface area contributed by atoms with Gasteiger partial charge in [-0.1, -0.05) is 0 Å². The quantitative estimate of drug-likeness (QED) is 0.772. The molecule has 6 heteroatoms. The average Bonchev–Trinajstić information content (AvgIpc) is 2.46. The first-order chi connectivity index (χ1) is 7.11. The lowest BCUT2D eigenvalue weighted by molar-refractivity contribution is -0.146. The third-order valence-electron chi connectivity index (χ3n) is 1.87. The molecule has 0 bridgehead atoms. The molecule has 0 aliphatic rings. The van der Waals surface area contributed by atoms with Gasteiger partial charge in [-0.25, -0.2) is 4.98 Å². The van der Waals surface area contributed by atoms with E-state index in [1.165, 1.54) is 0 Å². The lowest BCUT2D eigenvalue weighted by Gasteiger charge is -2.16. The normalized spacial score (nSPS) is 11.3. The Morgan fingerprint density at radius 3 is 2.13 bits per heavy atom. The fourth-order valence-electron chi connectivity index (χ4n) is 1.17. The highest BCUT2D eigenvalue weighted by Crippen LogP contribution is 2.27. The van der Waals surface area contributed by atoms with Crippen molar-refractivity contribution in [3.8, 4) is 0 Å². The molecule has 0 unspecified atom stereocenters. The minimum Gasteiger partial charge on any atom is -0.346 e. The predicted molar refractivity (Wildman–Crippen MR) is 64.6 cm³/mol. The lowest BCUT2D eigenvalue weighted by atomic mass is 10.5. The van der Waals surface area contributed by atoms with Gasteiger partial charge in [0.1, 0.15) is 9.21 Å². The fourth-order valence-corrected chi connectivity index (χ4v) is 1.89. The average molecular weight is 342 g/mol. The molecule has 1 aromatic heterocycles. The van der Waals surface area contributed by atoms with Crippen molar-refractivity contribution < 1.29 is 9.47 Å². The van der Waals surface area contributed by atoms with Crippen LogP contribution in [0.15, 0.2) is 9.21 Å². The number of nitrogens with zero attached hydrogens (tertiary/aromatic N) is 2. The van der Waals surface area contributed by atoms with Gasteiger partial charge in [0, 0.05) is 20.3 Å². The molecule has 0 N–H and O–H groups in total. The maximum atomic E-state index is 5.47. The van der Waals surface area contributed by atoms with Crippen molar-refractivity contribution in [1.82, 2.24) is 9.55 Å². The first-order valence-corrected chi connectivity index (χ1v) is 6.31. The summed E-state index contributed by atoms with van der Waals surface area (Å²) in [6.07, 6.45) is -0.410. The number of hydrogen-bond acceptors (Lipinski definition) is 3. The van der Waals surface area contributed by atoms with Crippen molar-refractivity contribution in [1.29, 1.82) is 0 Å². The molecule has 0 fully saturated rings. The summed E-state index contributed by atoms with van der Waals surface area (Å²) < 4.78 is 14.5. The molecule has 0 aliphatic carbocycles. The SMILES string of the molecule is CCOC(OCC)c1nc(Br)c(Br)n1C. The number of ether oxygens (including phenoxy) is 2. The van der Waals surface area contributed by atoms with Crippen LogP contribution in [-0.4, -0.2) is 22.8 Å². The van der Waals surface area contributed by atoms with E-state index < -0.39 is 6.29 Å². The topological polar surface area (TPSA) is 36.3 Å². The summed E-state index contributed by atoms with van der Waals surface area (Å²) in [5.41, 5.74) is 0. The molecule has 1 rings (SSSR count). The second-order valence-corrected chi connectivity index (χ2v) is 4.36. The van der Waals surface area contributed by atoms with Gasteiger partial charge in [-0.15, -0.1) is 0 Å². The van der Waals surface area contributed by atoms with E-state index in [1.54, 1.807) is 0 Å². The zero-order valence-electron chi connectivity index (χ0n) is 8.96. The van der Waals surface area contributed by atoms with E-state index in [0.29, 0.717) is 13.2 Å². The lowest BCUT2D eigenvalue weighted by Crippen LogP contribution is -2.13. The van der Waals surface area contributed by atoms with Crippen LogP contribution < -0.4 is 0 Å². The molecular formula is C9H14Br2N2O2. The van der Waals surface area contributed by atoms with Crippen LogP contribution in [-0.2, 0) is 16.5 Å². The first kappa shape index (κ1) is 13.2. The Bertz CT molecular complexity index is 322. The Balaban J connectivity index is 2.94. The van der Waals surface area contributed by atoms with Gasteiger partial charge in [0.25, 0.3) is 0 Å². The summed E-state index contributed by atoms with van der Waals surface area (Å²) in [5, 5.41) is 0. The maximum Gasteiger partial charge on any atom is 0.217 e. The van der Waals surface area contributed by atoms with Crippen LogP contribution in [0.3, 0.4) is 0 Å². The zero-order chi connectivity index (χ0) is 11.4. The Morgan fingerprint density at radius 2 is 1.80 bits per heavy atom. The molecule has 0 radical (unpaired) electrons. The Labute approximate surface area is 106 Å². The summed E-state index contributed by atoms with van der Waals surface area (Å²) in [4.78, 5) is 4.33. The van der Waals surface area contributed by atoms with Crippen LogP contribution >= 0.6 is 31.9 Å². The van der Waals surface area contributed by atoms with Crippen LogP contribution in [0.5, 0.6) is 0 Å². The zero-order valence-corrected chi connectivity index (χ0v) is 12.1. The Hall–Kier alpha value is 0.0900. The third kappa shape index (κ3) is 3.03. The highest BCUT2D eigenvalue weighted by molar-refractivity contribution is 9.13. The number of imidazole rings is 1. The van der Waals surface area contributed by atoms with Crippen molar-refractivity contribution in [3.63, 3.8) is 0 Å². The number of rotatable bonds is 5. The van der Waals surface area contributed by atoms with Crippen molar-refractivity contribution in [2.45, 2.75) is 20.1 Å². The molecule has 0 atom stereocenters. The number of halogens is 2. The molecule has 0 spiro atoms. The van der Waals surface area contributed by atoms with Gasteiger partial charge >= 0.3 is 0 Å². The molecule has 0 aliphatic heterocycles. The number of aromatic nitrogens is 2. The second-order valence-electron chi connectivity index (χ2n) is 2.85. The highest BCUT2D eigenvalue weighted by Gasteiger charge is 2.20. The van der Waals surface area contributed by atoms with Gasteiger partial charge in [-0.2, -0.15) is 0 Å². The largest absolute Gasteiger partial charge is 0.346 e. The highest BCUT2D eigenvalue weighted by atomic mass is 79.9. The molecule has 0 aromatic carbocycles. The Morgan fingerprint density at radius 1 is 1.27 bits per heavy atom. The molecule has 1 heterocycles. The standard InChI is InChI=1S/C9H14Br2N2O2/c1-4-14-9(15-5-2)8-12-6(10)7(11)13(8)3/h9H,4-5H2,1-3H3. The van der Waals surface area contributed by atoms with Crippen molar-refractivity contribution >= 4 is 31.9 Å². The van der Waals surface area contributed by atoms with E-state index in [9.17, 15) is 0 Å². The molecule has 0 amide bonds.